The zero-order chi connectivity index (χ0) is 24.9. The van der Waals surface area contributed by atoms with Gasteiger partial charge in [-0.05, 0) is 61.4 Å². The van der Waals surface area contributed by atoms with Crippen LogP contribution in [0, 0.1) is 0 Å². The number of benzene rings is 1. The number of piperidine rings is 1. The molecule has 1 aromatic carbocycles. The van der Waals surface area contributed by atoms with Gasteiger partial charge in [0.25, 0.3) is 6.43 Å². The number of nitrogens with zero attached hydrogens (tertiary/aromatic N) is 4. The number of hydrogen-bond acceptors (Lipinski definition) is 4. The fourth-order valence-electron chi connectivity index (χ4n) is 4.67. The van der Waals surface area contributed by atoms with E-state index in [1.54, 1.807) is 12.1 Å². The smallest absolute Gasteiger partial charge is 0.265 e. The molecule has 1 aliphatic rings. The molecule has 0 spiro atoms. The van der Waals surface area contributed by atoms with Crippen molar-refractivity contribution in [1.82, 2.24) is 14.5 Å². The van der Waals surface area contributed by atoms with Crippen molar-refractivity contribution in [3.8, 4) is 0 Å². The molecule has 2 aromatic heterocycles. The second-order valence-electron chi connectivity index (χ2n) is 9.08. The number of halogens is 2. The van der Waals surface area contributed by atoms with Gasteiger partial charge in [-0.2, -0.15) is 0 Å². The number of alkyl halides is 2. The standard InChI is InChI=1S/C26H31F2N5O2/c1-31(21-10-14-33(15-11-21)23-8-7-20(17-30-23)25(27)28)24(34)4-2-3-12-32-13-9-18-5-6-19(26(29)35)16-22(18)32/h5-9,13,16-17,21,25H,2-4,10-12,14-15H2,1H3,(H2,29,35). The Balaban J connectivity index is 1.22. The second kappa shape index (κ2) is 10.8. The molecule has 0 radical (unpaired) electrons. The topological polar surface area (TPSA) is 84.5 Å². The lowest BCUT2D eigenvalue weighted by Crippen LogP contribution is -2.45. The summed E-state index contributed by atoms with van der Waals surface area (Å²) in [5.41, 5.74) is 6.78. The Labute approximate surface area is 203 Å². The molecular formula is C26H31F2N5O2. The minimum atomic E-state index is -2.51. The quantitative estimate of drug-likeness (QED) is 0.458. The van der Waals surface area contributed by atoms with Crippen molar-refractivity contribution < 1.29 is 18.4 Å². The molecule has 0 saturated carbocycles. The first-order valence-electron chi connectivity index (χ1n) is 12.0. The molecule has 1 saturated heterocycles. The van der Waals surface area contributed by atoms with Gasteiger partial charge in [0.15, 0.2) is 0 Å². The van der Waals surface area contributed by atoms with Crippen LogP contribution in [0.3, 0.4) is 0 Å². The molecule has 35 heavy (non-hydrogen) atoms. The van der Waals surface area contributed by atoms with Crippen LogP contribution in [-0.2, 0) is 11.3 Å². The van der Waals surface area contributed by atoms with E-state index < -0.39 is 12.3 Å². The molecule has 4 rings (SSSR count). The Kier molecular flexibility index (Phi) is 7.63. The van der Waals surface area contributed by atoms with Crippen LogP contribution in [0.1, 0.15) is 54.5 Å². The van der Waals surface area contributed by atoms with Gasteiger partial charge in [-0.1, -0.05) is 6.07 Å². The maximum Gasteiger partial charge on any atom is 0.265 e. The fourth-order valence-corrected chi connectivity index (χ4v) is 4.67. The second-order valence-corrected chi connectivity index (χ2v) is 9.08. The molecule has 2 amide bonds. The molecule has 9 heteroatoms. The van der Waals surface area contributed by atoms with Crippen molar-refractivity contribution in [2.45, 2.75) is 51.1 Å². The van der Waals surface area contributed by atoms with Crippen molar-refractivity contribution in [3.63, 3.8) is 0 Å². The number of fused-ring (bicyclic) bond motifs is 1. The molecule has 0 unspecified atom stereocenters. The number of rotatable bonds is 9. The summed E-state index contributed by atoms with van der Waals surface area (Å²) < 4.78 is 27.6. The van der Waals surface area contributed by atoms with Gasteiger partial charge >= 0.3 is 0 Å². The predicted molar refractivity (Wildman–Crippen MR) is 132 cm³/mol. The van der Waals surface area contributed by atoms with Crippen LogP contribution in [-0.4, -0.2) is 52.4 Å². The molecule has 0 aliphatic carbocycles. The van der Waals surface area contributed by atoms with Gasteiger partial charge in [-0.15, -0.1) is 0 Å². The van der Waals surface area contributed by atoms with Crippen LogP contribution in [0.5, 0.6) is 0 Å². The number of unbranched alkanes of at least 4 members (excludes halogenated alkanes) is 1. The highest BCUT2D eigenvalue weighted by molar-refractivity contribution is 5.97. The highest BCUT2D eigenvalue weighted by atomic mass is 19.3. The van der Waals surface area contributed by atoms with E-state index in [9.17, 15) is 18.4 Å². The summed E-state index contributed by atoms with van der Waals surface area (Å²) in [7, 11) is 1.86. The number of aromatic nitrogens is 2. The lowest BCUT2D eigenvalue weighted by molar-refractivity contribution is -0.132. The van der Waals surface area contributed by atoms with Crippen molar-refractivity contribution in [1.29, 1.82) is 0 Å². The van der Waals surface area contributed by atoms with Crippen LogP contribution >= 0.6 is 0 Å². The van der Waals surface area contributed by atoms with Gasteiger partial charge < -0.3 is 20.1 Å². The van der Waals surface area contributed by atoms with Gasteiger partial charge in [0.05, 0.1) is 0 Å². The van der Waals surface area contributed by atoms with Crippen molar-refractivity contribution >= 4 is 28.5 Å². The Bertz CT molecular complexity index is 1170. The van der Waals surface area contributed by atoms with Crippen molar-refractivity contribution in [2.24, 2.45) is 5.73 Å². The van der Waals surface area contributed by atoms with Crippen LogP contribution in [0.2, 0.25) is 0 Å². The molecule has 2 N–H and O–H groups in total. The summed E-state index contributed by atoms with van der Waals surface area (Å²) in [6.45, 7) is 2.23. The molecule has 186 valence electrons. The first-order chi connectivity index (χ1) is 16.8. The lowest BCUT2D eigenvalue weighted by atomic mass is 10.0. The van der Waals surface area contributed by atoms with E-state index in [-0.39, 0.29) is 17.5 Å². The number of anilines is 1. The van der Waals surface area contributed by atoms with Gasteiger partial charge in [0, 0.05) is 68.2 Å². The molecule has 0 bridgehead atoms. The minimum Gasteiger partial charge on any atom is -0.366 e. The van der Waals surface area contributed by atoms with E-state index in [0.717, 1.165) is 56.2 Å². The molecule has 3 aromatic rings. The van der Waals surface area contributed by atoms with Gasteiger partial charge in [0.1, 0.15) is 5.82 Å². The maximum atomic E-state index is 12.8. The van der Waals surface area contributed by atoms with Crippen molar-refractivity contribution in [2.75, 3.05) is 25.0 Å². The Morgan fingerprint density at radius 3 is 2.57 bits per heavy atom. The minimum absolute atomic E-state index is 0.0747. The number of carbonyl (C=O) groups excluding carboxylic acids is 2. The maximum absolute atomic E-state index is 12.8. The summed E-state index contributed by atoms with van der Waals surface area (Å²) in [6.07, 6.45) is 4.46. The average Bonchev–Trinajstić information content (AvgIpc) is 3.28. The molecule has 1 aliphatic heterocycles. The summed E-state index contributed by atoms with van der Waals surface area (Å²) in [4.78, 5) is 32.3. The summed E-state index contributed by atoms with van der Waals surface area (Å²) in [5.74, 6) is 0.388. The zero-order valence-electron chi connectivity index (χ0n) is 19.9. The van der Waals surface area contributed by atoms with Crippen LogP contribution in [0.4, 0.5) is 14.6 Å². The SMILES string of the molecule is CN(C(=O)CCCCn1ccc2ccc(C(N)=O)cc21)C1CCN(c2ccc(C(F)F)cn2)CC1. The molecular weight excluding hydrogens is 452 g/mol. The summed E-state index contributed by atoms with van der Waals surface area (Å²) in [6, 6.07) is 10.7. The number of pyridine rings is 1. The molecule has 1 fully saturated rings. The highest BCUT2D eigenvalue weighted by Crippen LogP contribution is 2.24. The number of amides is 2. The fraction of sp³-hybridized carbons (Fsp3) is 0.423. The van der Waals surface area contributed by atoms with E-state index in [2.05, 4.69) is 14.5 Å². The largest absolute Gasteiger partial charge is 0.366 e. The first kappa shape index (κ1) is 24.6. The van der Waals surface area contributed by atoms with E-state index in [1.165, 1.54) is 12.3 Å². The number of aryl methyl sites for hydroxylation is 1. The predicted octanol–water partition coefficient (Wildman–Crippen LogP) is 4.37. The number of hydrogen-bond donors (Lipinski definition) is 1. The molecule has 7 nitrogen and oxygen atoms in total. The normalized spacial score (nSPS) is 14.6. The van der Waals surface area contributed by atoms with E-state index in [0.29, 0.717) is 17.8 Å². The van der Waals surface area contributed by atoms with Crippen LogP contribution < -0.4 is 10.6 Å². The van der Waals surface area contributed by atoms with E-state index in [1.807, 2.05) is 36.3 Å². The van der Waals surface area contributed by atoms with E-state index >= 15 is 0 Å². The lowest BCUT2D eigenvalue weighted by Gasteiger charge is -2.37. The third-order valence-electron chi connectivity index (χ3n) is 6.85. The summed E-state index contributed by atoms with van der Waals surface area (Å²) in [5, 5.41) is 1.05. The van der Waals surface area contributed by atoms with Gasteiger partial charge in [-0.25, -0.2) is 13.8 Å². The number of nitrogens with two attached hydrogens (primary N) is 1. The van der Waals surface area contributed by atoms with Gasteiger partial charge in [0.2, 0.25) is 11.8 Å². The molecule has 0 atom stereocenters. The highest BCUT2D eigenvalue weighted by Gasteiger charge is 2.25. The average molecular weight is 484 g/mol. The van der Waals surface area contributed by atoms with Crippen molar-refractivity contribution in [3.05, 3.63) is 59.9 Å². The Morgan fingerprint density at radius 2 is 1.91 bits per heavy atom. The molecule has 3 heterocycles. The number of carbonyl (C=O) groups is 2. The Hall–Kier alpha value is -3.49. The monoisotopic (exact) mass is 483 g/mol. The third kappa shape index (κ3) is 5.78. The first-order valence-corrected chi connectivity index (χ1v) is 12.0. The van der Waals surface area contributed by atoms with E-state index in [4.69, 9.17) is 5.73 Å². The zero-order valence-corrected chi connectivity index (χ0v) is 19.9. The number of primary amides is 1. The van der Waals surface area contributed by atoms with Crippen LogP contribution in [0.15, 0.2) is 48.8 Å². The Morgan fingerprint density at radius 1 is 1.14 bits per heavy atom. The third-order valence-corrected chi connectivity index (χ3v) is 6.85. The summed E-state index contributed by atoms with van der Waals surface area (Å²) >= 11 is 0. The van der Waals surface area contributed by atoms with Crippen LogP contribution in [0.25, 0.3) is 10.9 Å². The van der Waals surface area contributed by atoms with Gasteiger partial charge in [-0.3, -0.25) is 9.59 Å².